The molecule has 0 aliphatic heterocycles. The zero-order valence-corrected chi connectivity index (χ0v) is 12.8. The highest BCUT2D eigenvalue weighted by Gasteiger charge is 2.26. The average molecular weight is 287 g/mol. The number of aliphatic hydroxyl groups excluding tert-OH is 1. The summed E-state index contributed by atoms with van der Waals surface area (Å²) in [5, 5.41) is 21.9. The lowest BCUT2D eigenvalue weighted by molar-refractivity contribution is 0.283. The van der Waals surface area contributed by atoms with Crippen LogP contribution in [0, 0.1) is 11.3 Å². The Kier molecular flexibility index (Phi) is 6.04. The second kappa shape index (κ2) is 8.02. The lowest BCUT2D eigenvalue weighted by Crippen LogP contribution is -2.41. The van der Waals surface area contributed by atoms with Gasteiger partial charge in [-0.3, -0.25) is 0 Å². The van der Waals surface area contributed by atoms with Gasteiger partial charge in [0, 0.05) is 25.7 Å². The summed E-state index contributed by atoms with van der Waals surface area (Å²) in [6.07, 6.45) is 4.39. The van der Waals surface area contributed by atoms with Crippen molar-refractivity contribution in [3.05, 3.63) is 29.3 Å². The predicted molar refractivity (Wildman–Crippen MR) is 85.2 cm³/mol. The monoisotopic (exact) mass is 287 g/mol. The largest absolute Gasteiger partial charge is 0.396 e. The van der Waals surface area contributed by atoms with Crippen molar-refractivity contribution in [3.63, 3.8) is 0 Å². The molecule has 1 aliphatic rings. The number of anilines is 1. The number of benzene rings is 1. The van der Waals surface area contributed by atoms with Crippen molar-refractivity contribution in [1.29, 1.82) is 5.26 Å². The summed E-state index contributed by atoms with van der Waals surface area (Å²) in [6.45, 7) is 4.82. The molecular weight excluding hydrogens is 262 g/mol. The Labute approximate surface area is 127 Å². The molecule has 0 saturated heterocycles. The molecule has 2 rings (SSSR count). The molecule has 0 unspecified atom stereocenters. The van der Waals surface area contributed by atoms with Crippen LogP contribution in [0.15, 0.2) is 18.2 Å². The zero-order chi connectivity index (χ0) is 15.1. The minimum absolute atomic E-state index is 0.198. The Morgan fingerprint density at radius 1 is 1.43 bits per heavy atom. The van der Waals surface area contributed by atoms with E-state index >= 15 is 0 Å². The molecule has 0 atom stereocenters. The van der Waals surface area contributed by atoms with Crippen LogP contribution in [-0.4, -0.2) is 30.8 Å². The molecule has 1 aromatic carbocycles. The van der Waals surface area contributed by atoms with Gasteiger partial charge in [-0.15, -0.1) is 0 Å². The molecule has 1 saturated carbocycles. The molecule has 4 nitrogen and oxygen atoms in total. The Morgan fingerprint density at radius 3 is 2.81 bits per heavy atom. The first-order valence-corrected chi connectivity index (χ1v) is 7.91. The minimum atomic E-state index is 0.198. The van der Waals surface area contributed by atoms with Crippen molar-refractivity contribution in [2.24, 2.45) is 0 Å². The number of rotatable bonds is 8. The number of nitriles is 1. The van der Waals surface area contributed by atoms with Crippen molar-refractivity contribution >= 4 is 5.69 Å². The molecule has 1 fully saturated rings. The van der Waals surface area contributed by atoms with Gasteiger partial charge in [-0.05, 0) is 49.9 Å². The normalized spacial score (nSPS) is 14.5. The Bertz CT molecular complexity index is 491. The van der Waals surface area contributed by atoms with Crippen LogP contribution in [0.25, 0.3) is 0 Å². The molecule has 0 amide bonds. The van der Waals surface area contributed by atoms with Crippen LogP contribution in [-0.2, 0) is 6.54 Å². The Hall–Kier alpha value is -1.57. The second-order valence-electron chi connectivity index (χ2n) is 5.60. The Balaban J connectivity index is 2.20. The van der Waals surface area contributed by atoms with Gasteiger partial charge in [0.1, 0.15) is 6.07 Å². The van der Waals surface area contributed by atoms with Crippen LogP contribution in [0.3, 0.4) is 0 Å². The van der Waals surface area contributed by atoms with E-state index in [0.29, 0.717) is 6.04 Å². The van der Waals surface area contributed by atoms with E-state index in [4.69, 9.17) is 5.11 Å². The lowest BCUT2D eigenvalue weighted by atomic mass is 9.90. The molecule has 2 N–H and O–H groups in total. The van der Waals surface area contributed by atoms with Crippen LogP contribution < -0.4 is 10.2 Å². The maximum absolute atomic E-state index is 9.47. The van der Waals surface area contributed by atoms with E-state index < -0.39 is 0 Å². The fraction of sp³-hybridized carbons (Fsp3) is 0.588. The summed E-state index contributed by atoms with van der Waals surface area (Å²) in [5.41, 5.74) is 2.92. The first kappa shape index (κ1) is 15.8. The standard InChI is InChI=1S/C17H25N3O/c1-2-19-13-14-7-8-17(15(11-14)12-18)20(9-4-10-21)16-5-3-6-16/h7-8,11,16,19,21H,2-6,9-10,13H2,1H3. The van der Waals surface area contributed by atoms with E-state index in [-0.39, 0.29) is 6.61 Å². The summed E-state index contributed by atoms with van der Waals surface area (Å²) in [7, 11) is 0. The maximum atomic E-state index is 9.47. The molecule has 0 aromatic heterocycles. The summed E-state index contributed by atoms with van der Waals surface area (Å²) < 4.78 is 0. The van der Waals surface area contributed by atoms with Gasteiger partial charge in [0.2, 0.25) is 0 Å². The SMILES string of the molecule is CCNCc1ccc(N(CCCO)C2CCC2)c(C#N)c1. The van der Waals surface area contributed by atoms with E-state index in [0.717, 1.165) is 42.9 Å². The van der Waals surface area contributed by atoms with Crippen molar-refractivity contribution in [2.75, 3.05) is 24.6 Å². The van der Waals surface area contributed by atoms with Gasteiger partial charge < -0.3 is 15.3 Å². The fourth-order valence-electron chi connectivity index (χ4n) is 2.74. The molecule has 0 radical (unpaired) electrons. The highest BCUT2D eigenvalue weighted by atomic mass is 16.3. The minimum Gasteiger partial charge on any atom is -0.396 e. The van der Waals surface area contributed by atoms with Crippen LogP contribution >= 0.6 is 0 Å². The summed E-state index contributed by atoms with van der Waals surface area (Å²) in [6, 6.07) is 9.03. The molecular formula is C17H25N3O. The molecule has 0 heterocycles. The molecule has 0 bridgehead atoms. The fourth-order valence-corrected chi connectivity index (χ4v) is 2.74. The van der Waals surface area contributed by atoms with E-state index in [1.807, 2.05) is 6.07 Å². The maximum Gasteiger partial charge on any atom is 0.101 e. The first-order valence-electron chi connectivity index (χ1n) is 7.91. The molecule has 4 heteroatoms. The van der Waals surface area contributed by atoms with Gasteiger partial charge in [-0.1, -0.05) is 13.0 Å². The van der Waals surface area contributed by atoms with Crippen molar-refractivity contribution in [1.82, 2.24) is 5.32 Å². The summed E-state index contributed by atoms with van der Waals surface area (Å²) in [5.74, 6) is 0. The highest BCUT2D eigenvalue weighted by Crippen LogP contribution is 2.32. The number of hydrogen-bond acceptors (Lipinski definition) is 4. The molecule has 1 aromatic rings. The number of hydrogen-bond donors (Lipinski definition) is 2. The topological polar surface area (TPSA) is 59.3 Å². The van der Waals surface area contributed by atoms with E-state index in [1.54, 1.807) is 0 Å². The zero-order valence-electron chi connectivity index (χ0n) is 12.8. The van der Waals surface area contributed by atoms with Gasteiger partial charge >= 0.3 is 0 Å². The van der Waals surface area contributed by atoms with Gasteiger partial charge in [0.05, 0.1) is 11.3 Å². The second-order valence-corrected chi connectivity index (χ2v) is 5.60. The predicted octanol–water partition coefficient (Wildman–Crippen LogP) is 2.41. The molecule has 114 valence electrons. The third-order valence-corrected chi connectivity index (χ3v) is 4.14. The lowest BCUT2D eigenvalue weighted by Gasteiger charge is -2.39. The number of aliphatic hydroxyl groups is 1. The quantitative estimate of drug-likeness (QED) is 0.771. The van der Waals surface area contributed by atoms with Crippen LogP contribution in [0.4, 0.5) is 5.69 Å². The van der Waals surface area contributed by atoms with Crippen LogP contribution in [0.5, 0.6) is 0 Å². The first-order chi connectivity index (χ1) is 10.3. The van der Waals surface area contributed by atoms with Gasteiger partial charge in [0.15, 0.2) is 0 Å². The van der Waals surface area contributed by atoms with Crippen molar-refractivity contribution in [3.8, 4) is 6.07 Å². The third-order valence-electron chi connectivity index (χ3n) is 4.14. The van der Waals surface area contributed by atoms with Crippen LogP contribution in [0.1, 0.15) is 43.7 Å². The van der Waals surface area contributed by atoms with Gasteiger partial charge in [-0.2, -0.15) is 5.26 Å². The average Bonchev–Trinajstić information content (AvgIpc) is 2.47. The van der Waals surface area contributed by atoms with Crippen molar-refractivity contribution < 1.29 is 5.11 Å². The smallest absolute Gasteiger partial charge is 0.101 e. The number of nitrogens with zero attached hydrogens (tertiary/aromatic N) is 2. The molecule has 1 aliphatic carbocycles. The van der Waals surface area contributed by atoms with Crippen molar-refractivity contribution in [2.45, 2.75) is 45.2 Å². The number of nitrogens with one attached hydrogen (secondary N) is 1. The van der Waals surface area contributed by atoms with Crippen LogP contribution in [0.2, 0.25) is 0 Å². The third kappa shape index (κ3) is 3.96. The Morgan fingerprint density at radius 2 is 2.24 bits per heavy atom. The van der Waals surface area contributed by atoms with E-state index in [2.05, 4.69) is 35.3 Å². The molecule has 21 heavy (non-hydrogen) atoms. The van der Waals surface area contributed by atoms with E-state index in [1.165, 1.54) is 19.3 Å². The molecule has 0 spiro atoms. The van der Waals surface area contributed by atoms with Gasteiger partial charge in [0.25, 0.3) is 0 Å². The highest BCUT2D eigenvalue weighted by molar-refractivity contribution is 5.61. The van der Waals surface area contributed by atoms with Gasteiger partial charge in [-0.25, -0.2) is 0 Å². The van der Waals surface area contributed by atoms with E-state index in [9.17, 15) is 5.26 Å². The summed E-state index contributed by atoms with van der Waals surface area (Å²) in [4.78, 5) is 2.31. The summed E-state index contributed by atoms with van der Waals surface area (Å²) >= 11 is 0.